The summed E-state index contributed by atoms with van der Waals surface area (Å²) in [5.41, 5.74) is 4.60. The van der Waals surface area contributed by atoms with E-state index in [1.54, 1.807) is 23.1 Å². The van der Waals surface area contributed by atoms with E-state index < -0.39 is 0 Å². The standard InChI is InChI=1S/C21H20N6O/c1-25-11-8-17(24-25)21(28)27-10-3-5-19(27)20-18-7-6-16(13-26(18)14-23-20)15-4-2-9-22-12-15/h2,4,6-9,11-14,19H,3,5,10H2,1H3/t19-/m0/s1. The number of aromatic nitrogens is 5. The van der Waals surface area contributed by atoms with Crippen molar-refractivity contribution in [3.8, 4) is 11.1 Å². The number of hydrogen-bond acceptors (Lipinski definition) is 4. The molecule has 7 heteroatoms. The van der Waals surface area contributed by atoms with Gasteiger partial charge in [0.2, 0.25) is 0 Å². The molecule has 1 amide bonds. The van der Waals surface area contributed by atoms with E-state index in [2.05, 4.69) is 33.4 Å². The van der Waals surface area contributed by atoms with Gasteiger partial charge in [0.05, 0.1) is 23.6 Å². The number of pyridine rings is 2. The third-order valence-corrected chi connectivity index (χ3v) is 5.32. The summed E-state index contributed by atoms with van der Waals surface area (Å²) in [6.07, 6.45) is 11.2. The fourth-order valence-electron chi connectivity index (χ4n) is 3.95. The van der Waals surface area contributed by atoms with Gasteiger partial charge in [-0.3, -0.25) is 14.5 Å². The minimum atomic E-state index is -0.0313. The van der Waals surface area contributed by atoms with Crippen LogP contribution in [0.25, 0.3) is 16.6 Å². The van der Waals surface area contributed by atoms with Crippen LogP contribution >= 0.6 is 0 Å². The quantitative estimate of drug-likeness (QED) is 0.554. The minimum Gasteiger partial charge on any atom is -0.329 e. The van der Waals surface area contributed by atoms with E-state index in [-0.39, 0.29) is 11.9 Å². The van der Waals surface area contributed by atoms with Crippen LogP contribution in [0.2, 0.25) is 0 Å². The van der Waals surface area contributed by atoms with Crippen molar-refractivity contribution in [3.05, 3.63) is 72.8 Å². The molecule has 1 saturated heterocycles. The fourth-order valence-corrected chi connectivity index (χ4v) is 3.95. The van der Waals surface area contributed by atoms with Crippen LogP contribution in [0.3, 0.4) is 0 Å². The molecule has 5 heterocycles. The smallest absolute Gasteiger partial charge is 0.274 e. The van der Waals surface area contributed by atoms with E-state index in [0.29, 0.717) is 5.69 Å². The molecule has 5 rings (SSSR count). The van der Waals surface area contributed by atoms with Gasteiger partial charge in [-0.05, 0) is 36.6 Å². The molecule has 140 valence electrons. The van der Waals surface area contributed by atoms with Crippen molar-refractivity contribution in [2.24, 2.45) is 7.05 Å². The summed E-state index contributed by atoms with van der Waals surface area (Å²) in [6.45, 7) is 0.729. The van der Waals surface area contributed by atoms with Crippen LogP contribution in [0.5, 0.6) is 0 Å². The van der Waals surface area contributed by atoms with Gasteiger partial charge in [-0.15, -0.1) is 0 Å². The first kappa shape index (κ1) is 16.7. The summed E-state index contributed by atoms with van der Waals surface area (Å²) in [5.74, 6) is -0.0313. The summed E-state index contributed by atoms with van der Waals surface area (Å²) in [6, 6.07) is 9.87. The van der Waals surface area contributed by atoms with Crippen LogP contribution in [-0.2, 0) is 7.05 Å². The number of rotatable bonds is 3. The lowest BCUT2D eigenvalue weighted by Crippen LogP contribution is -2.31. The van der Waals surface area contributed by atoms with Gasteiger partial charge in [0.15, 0.2) is 0 Å². The van der Waals surface area contributed by atoms with Crippen molar-refractivity contribution in [1.29, 1.82) is 0 Å². The largest absolute Gasteiger partial charge is 0.329 e. The molecule has 28 heavy (non-hydrogen) atoms. The van der Waals surface area contributed by atoms with E-state index in [1.165, 1.54) is 0 Å². The Morgan fingerprint density at radius 2 is 2.11 bits per heavy atom. The van der Waals surface area contributed by atoms with Crippen molar-refractivity contribution in [2.45, 2.75) is 18.9 Å². The first-order valence-corrected chi connectivity index (χ1v) is 9.38. The SMILES string of the molecule is Cn1ccc(C(=O)N2CCC[C@H]2c2ncn3cc(-c4cccnc4)ccc23)n1. The molecule has 1 fully saturated rings. The second-order valence-corrected chi connectivity index (χ2v) is 7.11. The lowest BCUT2D eigenvalue weighted by atomic mass is 10.1. The second-order valence-electron chi connectivity index (χ2n) is 7.11. The number of hydrogen-bond donors (Lipinski definition) is 0. The highest BCUT2D eigenvalue weighted by Gasteiger charge is 2.34. The topological polar surface area (TPSA) is 68.3 Å². The Morgan fingerprint density at radius 3 is 2.89 bits per heavy atom. The number of amides is 1. The zero-order valence-electron chi connectivity index (χ0n) is 15.6. The molecule has 0 bridgehead atoms. The second kappa shape index (κ2) is 6.60. The van der Waals surface area contributed by atoms with Crippen LogP contribution in [0.1, 0.15) is 35.1 Å². The summed E-state index contributed by atoms with van der Waals surface area (Å²) in [5, 5.41) is 4.27. The predicted molar refractivity (Wildman–Crippen MR) is 105 cm³/mol. The average Bonchev–Trinajstić information content (AvgIpc) is 3.46. The number of likely N-dealkylation sites (tertiary alicyclic amines) is 1. The third kappa shape index (κ3) is 2.76. The van der Waals surface area contributed by atoms with Crippen molar-refractivity contribution < 1.29 is 4.79 Å². The number of aryl methyl sites for hydroxylation is 1. The molecule has 0 unspecified atom stereocenters. The molecule has 1 atom stereocenters. The number of carbonyl (C=O) groups is 1. The lowest BCUT2D eigenvalue weighted by Gasteiger charge is -2.23. The Balaban J connectivity index is 1.49. The Bertz CT molecular complexity index is 1150. The summed E-state index contributed by atoms with van der Waals surface area (Å²) in [4.78, 5) is 23.7. The fraction of sp³-hybridized carbons (Fsp3) is 0.238. The highest BCUT2D eigenvalue weighted by molar-refractivity contribution is 5.92. The van der Waals surface area contributed by atoms with Crippen molar-refractivity contribution >= 4 is 11.4 Å². The highest BCUT2D eigenvalue weighted by Crippen LogP contribution is 2.34. The summed E-state index contributed by atoms with van der Waals surface area (Å²) >= 11 is 0. The van der Waals surface area contributed by atoms with Crippen LogP contribution < -0.4 is 0 Å². The molecule has 0 radical (unpaired) electrons. The first-order valence-electron chi connectivity index (χ1n) is 9.38. The summed E-state index contributed by atoms with van der Waals surface area (Å²) in [7, 11) is 1.82. The zero-order valence-corrected chi connectivity index (χ0v) is 15.6. The molecule has 4 aromatic rings. The van der Waals surface area contributed by atoms with Gasteiger partial charge in [-0.2, -0.15) is 5.10 Å². The van der Waals surface area contributed by atoms with Gasteiger partial charge in [0.25, 0.3) is 5.91 Å². The maximum Gasteiger partial charge on any atom is 0.274 e. The van der Waals surface area contributed by atoms with Crippen LogP contribution in [0, 0.1) is 0 Å². The minimum absolute atomic E-state index is 0.0243. The molecular weight excluding hydrogens is 352 g/mol. The maximum absolute atomic E-state index is 12.9. The van der Waals surface area contributed by atoms with E-state index in [4.69, 9.17) is 0 Å². The van der Waals surface area contributed by atoms with E-state index in [0.717, 1.165) is 41.7 Å². The lowest BCUT2D eigenvalue weighted by molar-refractivity contribution is 0.0727. The van der Waals surface area contributed by atoms with Gasteiger partial charge in [-0.1, -0.05) is 12.1 Å². The van der Waals surface area contributed by atoms with Crippen molar-refractivity contribution in [3.63, 3.8) is 0 Å². The highest BCUT2D eigenvalue weighted by atomic mass is 16.2. The predicted octanol–water partition coefficient (Wildman–Crippen LogP) is 3.11. The van der Waals surface area contributed by atoms with Gasteiger partial charge >= 0.3 is 0 Å². The van der Waals surface area contributed by atoms with Gasteiger partial charge < -0.3 is 9.30 Å². The Labute approximate surface area is 162 Å². The zero-order chi connectivity index (χ0) is 19.1. The Kier molecular flexibility index (Phi) is 3.93. The van der Waals surface area contributed by atoms with Gasteiger partial charge in [-0.25, -0.2) is 4.98 Å². The van der Waals surface area contributed by atoms with Crippen LogP contribution in [0.15, 0.2) is 61.4 Å². The molecule has 7 nitrogen and oxygen atoms in total. The third-order valence-electron chi connectivity index (χ3n) is 5.32. The molecule has 4 aromatic heterocycles. The molecule has 0 aromatic carbocycles. The number of nitrogens with zero attached hydrogens (tertiary/aromatic N) is 6. The van der Waals surface area contributed by atoms with E-state index >= 15 is 0 Å². The van der Waals surface area contributed by atoms with E-state index in [1.807, 2.05) is 41.0 Å². The molecule has 1 aliphatic rings. The van der Waals surface area contributed by atoms with Crippen molar-refractivity contribution in [1.82, 2.24) is 29.0 Å². The molecule has 0 N–H and O–H groups in total. The number of carbonyl (C=O) groups excluding carboxylic acids is 1. The van der Waals surface area contributed by atoms with Gasteiger partial charge in [0.1, 0.15) is 5.69 Å². The van der Waals surface area contributed by atoms with Crippen LogP contribution in [-0.4, -0.2) is 41.5 Å². The number of fused-ring (bicyclic) bond motifs is 1. The summed E-state index contributed by atoms with van der Waals surface area (Å²) < 4.78 is 3.68. The Hall–Kier alpha value is -3.48. The van der Waals surface area contributed by atoms with Gasteiger partial charge in [0, 0.05) is 43.9 Å². The molecule has 0 saturated carbocycles. The number of imidazole rings is 1. The molecule has 1 aliphatic heterocycles. The van der Waals surface area contributed by atoms with Crippen LogP contribution in [0.4, 0.5) is 0 Å². The average molecular weight is 372 g/mol. The maximum atomic E-state index is 12.9. The Morgan fingerprint density at radius 1 is 1.18 bits per heavy atom. The molecule has 0 spiro atoms. The van der Waals surface area contributed by atoms with E-state index in [9.17, 15) is 4.79 Å². The first-order chi connectivity index (χ1) is 13.7. The molecular formula is C21H20N6O. The monoisotopic (exact) mass is 372 g/mol. The van der Waals surface area contributed by atoms with Crippen molar-refractivity contribution in [2.75, 3.05) is 6.54 Å². The normalized spacial score (nSPS) is 16.8. The molecule has 0 aliphatic carbocycles.